The van der Waals surface area contributed by atoms with Crippen LogP contribution in [-0.4, -0.2) is 149 Å². The van der Waals surface area contributed by atoms with Crippen LogP contribution in [0.3, 0.4) is 0 Å². The van der Waals surface area contributed by atoms with Gasteiger partial charge in [0.25, 0.3) is 0 Å². The molecule has 17 heteroatoms. The van der Waals surface area contributed by atoms with Crippen LogP contribution < -0.4 is 5.73 Å². The number of amides is 1. The van der Waals surface area contributed by atoms with Crippen molar-refractivity contribution in [3.05, 3.63) is 42.1 Å². The number of ether oxygens (including phenoxy) is 6. The molecule has 5 aliphatic heterocycles. The molecule has 0 aromatic carbocycles. The molecule has 4 bridgehead atoms. The van der Waals surface area contributed by atoms with Crippen molar-refractivity contribution >= 4 is 29.3 Å². The first-order valence-electron chi connectivity index (χ1n) is 22.5. The summed E-state index contributed by atoms with van der Waals surface area (Å²) >= 11 is 0. The number of nitrogens with zero attached hydrogens (tertiary/aromatic N) is 6. The zero-order chi connectivity index (χ0) is 45.4. The van der Waals surface area contributed by atoms with Gasteiger partial charge in [0, 0.05) is 30.1 Å². The molecular weight excluding hydrogens is 811 g/mol. The van der Waals surface area contributed by atoms with E-state index in [2.05, 4.69) is 24.0 Å². The number of hydrogen-bond donors (Lipinski definition) is 2. The van der Waals surface area contributed by atoms with Gasteiger partial charge >= 0.3 is 12.1 Å². The van der Waals surface area contributed by atoms with E-state index in [1.807, 2.05) is 83.9 Å². The highest BCUT2D eigenvalue weighted by atomic mass is 16.7. The van der Waals surface area contributed by atoms with Gasteiger partial charge in [-0.1, -0.05) is 45.0 Å². The van der Waals surface area contributed by atoms with Gasteiger partial charge in [-0.15, -0.1) is 0 Å². The van der Waals surface area contributed by atoms with Crippen molar-refractivity contribution in [3.63, 3.8) is 0 Å². The number of carbonyl (C=O) groups is 2. The molecule has 14 atom stereocenters. The molecule has 346 valence electrons. The van der Waals surface area contributed by atoms with Gasteiger partial charge in [0.2, 0.25) is 0 Å². The molecule has 3 N–H and O–H groups in total. The number of nitrogens with two attached hydrogens (primary N) is 1. The first-order chi connectivity index (χ1) is 29.9. The standard InChI is InChI=1S/C46H67N7O10/c1-11-35-46(8)40-27(4)37(48-18-19-53(40)44(56)63-46)25(2)21-45(7)41(62-43-38(54)34(52(9)10)20-26(3)60-43)28(5)39(29(6)42(55)61-35)57-22-31(23-58-45)51-59-24-30-14-12-15-32(49-30)33-16-13-17-36(47)50-33/h12-17,25-29,34-35,38-41,43,54H,11,18-24H2,1-10H3,(H2,47,50)/b51-31+/t25-,26+,27+,28+,29-,34-,35-,38+,39+,40-,41-,43-,45-,46-/m1/s1. The average Bonchev–Trinajstić information content (AvgIpc) is 3.39. The van der Waals surface area contributed by atoms with E-state index in [9.17, 15) is 14.7 Å². The Hall–Kier alpha value is -4.26. The van der Waals surface area contributed by atoms with Crippen molar-refractivity contribution < 1.29 is 48.0 Å². The van der Waals surface area contributed by atoms with E-state index in [4.69, 9.17) is 49.0 Å². The van der Waals surface area contributed by atoms with Gasteiger partial charge in [-0.2, -0.15) is 0 Å². The molecule has 7 rings (SSSR count). The highest BCUT2D eigenvalue weighted by molar-refractivity contribution is 5.91. The summed E-state index contributed by atoms with van der Waals surface area (Å²) in [5, 5.41) is 16.4. The normalized spacial score (nSPS) is 38.4. The lowest BCUT2D eigenvalue weighted by atomic mass is 9.72. The van der Waals surface area contributed by atoms with Gasteiger partial charge in [0.15, 0.2) is 18.5 Å². The van der Waals surface area contributed by atoms with Crippen LogP contribution in [0.2, 0.25) is 0 Å². The molecule has 4 fully saturated rings. The summed E-state index contributed by atoms with van der Waals surface area (Å²) in [5.74, 6) is -1.96. The molecule has 2 aromatic heterocycles. The number of anilines is 1. The summed E-state index contributed by atoms with van der Waals surface area (Å²) in [6.07, 6.45) is -3.61. The molecule has 1 amide bonds. The molecule has 0 saturated carbocycles. The maximum absolute atomic E-state index is 14.6. The molecule has 5 aliphatic rings. The number of carbonyl (C=O) groups excluding carboxylic acids is 2. The highest BCUT2D eigenvalue weighted by Gasteiger charge is 2.60. The number of aromatic nitrogens is 2. The van der Waals surface area contributed by atoms with Gasteiger partial charge in [-0.25, -0.2) is 14.8 Å². The third-order valence-corrected chi connectivity index (χ3v) is 13.8. The number of pyridine rings is 2. The highest BCUT2D eigenvalue weighted by Crippen LogP contribution is 2.45. The van der Waals surface area contributed by atoms with Crippen molar-refractivity contribution in [1.29, 1.82) is 0 Å². The van der Waals surface area contributed by atoms with Crippen molar-refractivity contribution in [2.24, 2.45) is 33.8 Å². The summed E-state index contributed by atoms with van der Waals surface area (Å²) < 4.78 is 39.9. The van der Waals surface area contributed by atoms with E-state index in [0.717, 1.165) is 5.71 Å². The Balaban J connectivity index is 1.28. The van der Waals surface area contributed by atoms with Crippen LogP contribution >= 0.6 is 0 Å². The monoisotopic (exact) mass is 877 g/mol. The summed E-state index contributed by atoms with van der Waals surface area (Å²) in [5.41, 5.74) is 6.90. The van der Waals surface area contributed by atoms with Crippen molar-refractivity contribution in [2.45, 2.75) is 141 Å². The van der Waals surface area contributed by atoms with Crippen LogP contribution in [0.15, 0.2) is 46.5 Å². The van der Waals surface area contributed by atoms with E-state index in [-0.39, 0.29) is 43.8 Å². The molecule has 2 aromatic rings. The number of nitrogen functional groups attached to an aromatic ring is 1. The molecular formula is C46H67N7O10. The van der Waals surface area contributed by atoms with Crippen molar-refractivity contribution in [2.75, 3.05) is 46.1 Å². The Morgan fingerprint density at radius 1 is 1.02 bits per heavy atom. The van der Waals surface area contributed by atoms with Crippen molar-refractivity contribution in [3.8, 4) is 11.4 Å². The molecule has 0 spiro atoms. The largest absolute Gasteiger partial charge is 0.458 e. The number of hydrogen-bond acceptors (Lipinski definition) is 16. The Morgan fingerprint density at radius 3 is 2.46 bits per heavy atom. The van der Waals surface area contributed by atoms with Gasteiger partial charge in [-0.3, -0.25) is 14.7 Å². The van der Waals surface area contributed by atoms with Crippen molar-refractivity contribution in [1.82, 2.24) is 19.8 Å². The van der Waals surface area contributed by atoms with Gasteiger partial charge in [0.05, 0.1) is 72.7 Å². The SMILES string of the molecule is CC[C@H]1OC(=O)[C@H](C)[C@H]2OC/C(=N\OCc3cccc(-c4cccc(N)n4)n3)CO[C@](C)(C[C@@H](C)C3=NCCN4C(=O)O[C@@]1(C)[C@H]4[C@H]3C)[C@H](O[C@H]1O[C@@H](C)C[C@@H](N(C)C)[C@@H]1O)[C@H]2C. The first-order valence-corrected chi connectivity index (χ1v) is 22.5. The number of aliphatic hydroxyl groups is 1. The average molecular weight is 878 g/mol. The minimum absolute atomic E-state index is 0.0103. The van der Waals surface area contributed by atoms with E-state index in [1.54, 1.807) is 17.9 Å². The third-order valence-electron chi connectivity index (χ3n) is 13.8. The molecule has 0 unspecified atom stereocenters. The lowest BCUT2D eigenvalue weighted by Gasteiger charge is -2.48. The Bertz CT molecular complexity index is 2020. The summed E-state index contributed by atoms with van der Waals surface area (Å²) in [4.78, 5) is 52.1. The zero-order valence-corrected chi connectivity index (χ0v) is 38.4. The van der Waals surface area contributed by atoms with Gasteiger partial charge < -0.3 is 49.0 Å². The van der Waals surface area contributed by atoms with Crippen LogP contribution in [0, 0.1) is 23.7 Å². The second-order valence-corrected chi connectivity index (χ2v) is 18.8. The molecule has 17 nitrogen and oxygen atoms in total. The third kappa shape index (κ3) is 9.59. The number of aliphatic imine (C=N–C) groups is 1. The predicted octanol–water partition coefficient (Wildman–Crippen LogP) is 4.89. The summed E-state index contributed by atoms with van der Waals surface area (Å²) in [6.45, 7) is 16.5. The number of likely N-dealkylation sites (N-methyl/N-ethyl adjacent to an activating group) is 1. The Morgan fingerprint density at radius 2 is 1.75 bits per heavy atom. The quantitative estimate of drug-likeness (QED) is 0.268. The number of cyclic esters (lactones) is 1. The van der Waals surface area contributed by atoms with Gasteiger partial charge in [0.1, 0.15) is 23.7 Å². The van der Waals surface area contributed by atoms with Gasteiger partial charge in [-0.05, 0) is 91.2 Å². The molecule has 63 heavy (non-hydrogen) atoms. The minimum atomic E-state index is -1.15. The number of esters is 1. The van der Waals surface area contributed by atoms with Crippen LogP contribution in [0.4, 0.5) is 10.6 Å². The molecule has 0 radical (unpaired) electrons. The second-order valence-electron chi connectivity index (χ2n) is 18.8. The lowest BCUT2D eigenvalue weighted by Crippen LogP contribution is -2.60. The second kappa shape index (κ2) is 19.1. The molecule has 4 saturated heterocycles. The van der Waals surface area contributed by atoms with E-state index >= 15 is 0 Å². The number of oxime groups is 1. The van der Waals surface area contributed by atoms with Crippen LogP contribution in [0.25, 0.3) is 11.4 Å². The lowest BCUT2D eigenvalue weighted by molar-refractivity contribution is -0.302. The van der Waals surface area contributed by atoms with E-state index < -0.39 is 71.8 Å². The number of aliphatic hydroxyl groups excluding tert-OH is 1. The van der Waals surface area contributed by atoms with Crippen LogP contribution in [0.1, 0.15) is 80.3 Å². The minimum Gasteiger partial charge on any atom is -0.458 e. The fourth-order valence-corrected chi connectivity index (χ4v) is 10.7. The zero-order valence-electron chi connectivity index (χ0n) is 38.4. The fraction of sp³-hybridized carbons (Fsp3) is 0.696. The maximum Gasteiger partial charge on any atom is 0.410 e. The van der Waals surface area contributed by atoms with E-state index in [0.29, 0.717) is 61.0 Å². The maximum atomic E-state index is 14.6. The molecule has 7 heterocycles. The van der Waals surface area contributed by atoms with E-state index in [1.165, 1.54) is 0 Å². The van der Waals surface area contributed by atoms with Crippen LogP contribution in [0.5, 0.6) is 0 Å². The predicted molar refractivity (Wildman–Crippen MR) is 235 cm³/mol. The smallest absolute Gasteiger partial charge is 0.410 e. The first kappa shape index (κ1) is 46.7. The van der Waals surface area contributed by atoms with Crippen LogP contribution in [-0.2, 0) is 44.7 Å². The number of fused-ring (bicyclic) bond motifs is 4. The fourth-order valence-electron chi connectivity index (χ4n) is 10.7. The summed E-state index contributed by atoms with van der Waals surface area (Å²) in [6, 6.07) is 10.3. The topological polar surface area (TPSA) is 202 Å². The Labute approximate surface area is 371 Å². The Kier molecular flexibility index (Phi) is 14.1. The summed E-state index contributed by atoms with van der Waals surface area (Å²) in [7, 11) is 3.86. The molecule has 0 aliphatic carbocycles. The number of rotatable bonds is 8.